The molecule has 1 unspecified atom stereocenters. The molecule has 0 aliphatic heterocycles. The number of halogens is 3. The molecular formula is C16H16BrF2NO. The van der Waals surface area contributed by atoms with Crippen molar-refractivity contribution in [2.45, 2.75) is 19.9 Å². The lowest BCUT2D eigenvalue weighted by atomic mass is 10.1. The van der Waals surface area contributed by atoms with Gasteiger partial charge in [-0.1, -0.05) is 13.0 Å². The highest BCUT2D eigenvalue weighted by Gasteiger charge is 2.17. The van der Waals surface area contributed by atoms with Crippen molar-refractivity contribution in [3.63, 3.8) is 0 Å². The second-order valence-electron chi connectivity index (χ2n) is 4.61. The van der Waals surface area contributed by atoms with Gasteiger partial charge in [0.2, 0.25) is 0 Å². The highest BCUT2D eigenvalue weighted by atomic mass is 79.9. The molecule has 0 bridgehead atoms. The zero-order valence-electron chi connectivity index (χ0n) is 11.8. The molecule has 0 aliphatic rings. The Morgan fingerprint density at radius 1 is 1.19 bits per heavy atom. The van der Waals surface area contributed by atoms with E-state index in [1.165, 1.54) is 24.3 Å². The van der Waals surface area contributed by atoms with Crippen molar-refractivity contribution in [2.75, 3.05) is 6.54 Å². The largest absolute Gasteiger partial charge is 0.456 e. The maximum absolute atomic E-state index is 14.1. The molecule has 0 saturated heterocycles. The van der Waals surface area contributed by atoms with E-state index in [9.17, 15) is 8.78 Å². The van der Waals surface area contributed by atoms with Crippen LogP contribution in [-0.4, -0.2) is 6.54 Å². The van der Waals surface area contributed by atoms with Crippen LogP contribution in [0.15, 0.2) is 40.9 Å². The van der Waals surface area contributed by atoms with Crippen molar-refractivity contribution in [2.24, 2.45) is 0 Å². The van der Waals surface area contributed by atoms with Gasteiger partial charge in [0.05, 0.1) is 4.47 Å². The van der Waals surface area contributed by atoms with Crippen LogP contribution in [0.1, 0.15) is 25.5 Å². The fraction of sp³-hybridized carbons (Fsp3) is 0.250. The Morgan fingerprint density at radius 2 is 1.95 bits per heavy atom. The molecule has 0 aliphatic carbocycles. The van der Waals surface area contributed by atoms with Crippen LogP contribution in [0.5, 0.6) is 11.5 Å². The third-order valence-corrected chi connectivity index (χ3v) is 3.69. The van der Waals surface area contributed by atoms with Crippen molar-refractivity contribution in [1.82, 2.24) is 5.32 Å². The average Bonchev–Trinajstić information content (AvgIpc) is 2.42. The summed E-state index contributed by atoms with van der Waals surface area (Å²) in [7, 11) is 0. The highest BCUT2D eigenvalue weighted by Crippen LogP contribution is 2.35. The van der Waals surface area contributed by atoms with Gasteiger partial charge < -0.3 is 10.1 Å². The second-order valence-corrected chi connectivity index (χ2v) is 5.46. The van der Waals surface area contributed by atoms with E-state index in [2.05, 4.69) is 21.2 Å². The fourth-order valence-electron chi connectivity index (χ4n) is 2.11. The number of benzene rings is 2. The van der Waals surface area contributed by atoms with E-state index >= 15 is 0 Å². The molecule has 21 heavy (non-hydrogen) atoms. The maximum Gasteiger partial charge on any atom is 0.141 e. The molecule has 1 N–H and O–H groups in total. The molecule has 1 atom stereocenters. The van der Waals surface area contributed by atoms with Gasteiger partial charge in [-0.3, -0.25) is 0 Å². The molecule has 0 spiro atoms. The minimum absolute atomic E-state index is 0.189. The summed E-state index contributed by atoms with van der Waals surface area (Å²) in [5.41, 5.74) is 0.454. The van der Waals surface area contributed by atoms with Crippen molar-refractivity contribution in [3.8, 4) is 11.5 Å². The zero-order chi connectivity index (χ0) is 15.4. The van der Waals surface area contributed by atoms with E-state index in [1.54, 1.807) is 12.1 Å². The Labute approximate surface area is 131 Å². The normalized spacial score (nSPS) is 12.2. The van der Waals surface area contributed by atoms with Gasteiger partial charge in [0.25, 0.3) is 0 Å². The Morgan fingerprint density at radius 3 is 2.62 bits per heavy atom. The lowest BCUT2D eigenvalue weighted by Crippen LogP contribution is -2.19. The first-order chi connectivity index (χ1) is 10.0. The van der Waals surface area contributed by atoms with Crippen molar-refractivity contribution in [3.05, 3.63) is 58.1 Å². The number of rotatable bonds is 5. The van der Waals surface area contributed by atoms with Gasteiger partial charge in [0.15, 0.2) is 0 Å². The highest BCUT2D eigenvalue weighted by molar-refractivity contribution is 9.10. The topological polar surface area (TPSA) is 21.3 Å². The summed E-state index contributed by atoms with van der Waals surface area (Å²) in [6, 6.07) is 8.61. The molecule has 2 aromatic rings. The van der Waals surface area contributed by atoms with Crippen LogP contribution in [0.3, 0.4) is 0 Å². The van der Waals surface area contributed by atoms with Gasteiger partial charge in [-0.25, -0.2) is 8.78 Å². The fourth-order valence-corrected chi connectivity index (χ4v) is 2.54. The molecule has 0 fully saturated rings. The Balaban J connectivity index is 2.37. The van der Waals surface area contributed by atoms with Crippen LogP contribution in [0, 0.1) is 11.6 Å². The van der Waals surface area contributed by atoms with Gasteiger partial charge in [0.1, 0.15) is 23.1 Å². The molecule has 0 saturated carbocycles. The number of ether oxygens (including phenoxy) is 1. The zero-order valence-corrected chi connectivity index (χ0v) is 13.4. The molecule has 112 valence electrons. The van der Waals surface area contributed by atoms with Crippen molar-refractivity contribution >= 4 is 15.9 Å². The summed E-state index contributed by atoms with van der Waals surface area (Å²) >= 11 is 3.24. The first-order valence-electron chi connectivity index (χ1n) is 6.67. The van der Waals surface area contributed by atoms with Crippen LogP contribution in [0.4, 0.5) is 8.78 Å². The third kappa shape index (κ3) is 3.80. The number of hydrogen-bond acceptors (Lipinski definition) is 2. The van der Waals surface area contributed by atoms with E-state index in [4.69, 9.17) is 4.74 Å². The summed E-state index contributed by atoms with van der Waals surface area (Å²) in [4.78, 5) is 0. The predicted octanol–water partition coefficient (Wildman–Crippen LogP) is 5.19. The van der Waals surface area contributed by atoms with E-state index in [1.807, 2.05) is 13.8 Å². The van der Waals surface area contributed by atoms with E-state index in [0.717, 1.165) is 6.54 Å². The summed E-state index contributed by atoms with van der Waals surface area (Å²) in [6.07, 6.45) is 0. The first-order valence-corrected chi connectivity index (χ1v) is 7.47. The van der Waals surface area contributed by atoms with Crippen molar-refractivity contribution in [1.29, 1.82) is 0 Å². The predicted molar refractivity (Wildman–Crippen MR) is 82.7 cm³/mol. The van der Waals surface area contributed by atoms with Crippen LogP contribution in [0.25, 0.3) is 0 Å². The lowest BCUT2D eigenvalue weighted by Gasteiger charge is -2.18. The van der Waals surface area contributed by atoms with Gasteiger partial charge in [-0.05, 0) is 59.7 Å². The minimum Gasteiger partial charge on any atom is -0.456 e. The van der Waals surface area contributed by atoms with Gasteiger partial charge in [0, 0.05) is 11.6 Å². The summed E-state index contributed by atoms with van der Waals surface area (Å²) in [6.45, 7) is 4.54. The molecule has 0 heterocycles. The van der Waals surface area contributed by atoms with Crippen LogP contribution >= 0.6 is 15.9 Å². The first kappa shape index (κ1) is 15.9. The maximum atomic E-state index is 14.1. The summed E-state index contributed by atoms with van der Waals surface area (Å²) in [5.74, 6) is 0.150. The van der Waals surface area contributed by atoms with Crippen LogP contribution in [-0.2, 0) is 0 Å². The average molecular weight is 356 g/mol. The van der Waals surface area contributed by atoms with E-state index < -0.39 is 0 Å². The lowest BCUT2D eigenvalue weighted by molar-refractivity contribution is 0.445. The standard InChI is InChI=1S/C16H16BrF2NO/c1-3-20-10(2)16-13(19)5-4-6-15(16)21-14-8-7-11(18)9-12(14)17/h4-10,20H,3H2,1-2H3. The Kier molecular flexibility index (Phi) is 5.31. The number of hydrogen-bond donors (Lipinski definition) is 1. The minimum atomic E-state index is -0.366. The van der Waals surface area contributed by atoms with Gasteiger partial charge in [-0.15, -0.1) is 0 Å². The quantitative estimate of drug-likeness (QED) is 0.796. The monoisotopic (exact) mass is 355 g/mol. The summed E-state index contributed by atoms with van der Waals surface area (Å²) < 4.78 is 33.4. The smallest absolute Gasteiger partial charge is 0.141 e. The molecule has 2 nitrogen and oxygen atoms in total. The Bertz CT molecular complexity index is 634. The SMILES string of the molecule is CCNC(C)c1c(F)cccc1Oc1ccc(F)cc1Br. The van der Waals surface area contributed by atoms with Gasteiger partial charge in [-0.2, -0.15) is 0 Å². The third-order valence-electron chi connectivity index (χ3n) is 3.07. The Hall–Kier alpha value is -1.46. The van der Waals surface area contributed by atoms with Crippen molar-refractivity contribution < 1.29 is 13.5 Å². The molecule has 2 rings (SSSR count). The number of nitrogens with one attached hydrogen (secondary N) is 1. The molecule has 0 radical (unpaired) electrons. The molecule has 0 amide bonds. The molecule has 2 aromatic carbocycles. The molecular weight excluding hydrogens is 340 g/mol. The van der Waals surface area contributed by atoms with Crippen LogP contribution in [0.2, 0.25) is 0 Å². The molecule has 5 heteroatoms. The van der Waals surface area contributed by atoms with Gasteiger partial charge >= 0.3 is 0 Å². The summed E-state index contributed by atoms with van der Waals surface area (Å²) in [5, 5.41) is 3.16. The van der Waals surface area contributed by atoms with Crippen LogP contribution < -0.4 is 10.1 Å². The van der Waals surface area contributed by atoms with E-state index in [0.29, 0.717) is 21.5 Å². The molecule has 0 aromatic heterocycles. The second kappa shape index (κ2) is 7.00. The van der Waals surface area contributed by atoms with E-state index in [-0.39, 0.29) is 17.7 Å².